The van der Waals surface area contributed by atoms with Gasteiger partial charge in [-0.05, 0) is 36.1 Å². The average Bonchev–Trinajstić information content (AvgIpc) is 2.68. The van der Waals surface area contributed by atoms with E-state index in [4.69, 9.17) is 9.47 Å². The molecule has 0 fully saturated rings. The van der Waals surface area contributed by atoms with Gasteiger partial charge in [-0.3, -0.25) is 4.79 Å². The van der Waals surface area contributed by atoms with Crippen molar-refractivity contribution >= 4 is 15.5 Å². The molecule has 2 aromatic rings. The molecule has 0 radical (unpaired) electrons. The van der Waals surface area contributed by atoms with Crippen LogP contribution >= 0.6 is 0 Å². The van der Waals surface area contributed by atoms with Crippen molar-refractivity contribution in [2.45, 2.75) is 37.2 Å². The van der Waals surface area contributed by atoms with E-state index >= 15 is 0 Å². The maximum Gasteiger partial charge on any atom is 0.277 e. The van der Waals surface area contributed by atoms with Crippen molar-refractivity contribution in [1.29, 1.82) is 0 Å². The van der Waals surface area contributed by atoms with Crippen LogP contribution in [-0.4, -0.2) is 45.6 Å². The minimum Gasteiger partial charge on any atom is -0.483 e. The molecule has 29 heavy (non-hydrogen) atoms. The van der Waals surface area contributed by atoms with Crippen LogP contribution in [-0.2, 0) is 28.0 Å². The molecule has 0 saturated heterocycles. The van der Waals surface area contributed by atoms with Crippen molar-refractivity contribution in [2.24, 2.45) is 7.05 Å². The third kappa shape index (κ3) is 4.48. The molecule has 1 atom stereocenters. The highest BCUT2D eigenvalue weighted by atomic mass is 32.2. The number of hydrogen-bond acceptors (Lipinski definition) is 6. The summed E-state index contributed by atoms with van der Waals surface area (Å²) in [6.07, 6.45) is 5.48. The van der Waals surface area contributed by atoms with Gasteiger partial charge in [-0.25, -0.2) is 8.42 Å². The number of rotatable bonds is 7. The van der Waals surface area contributed by atoms with E-state index in [1.807, 2.05) is 6.07 Å². The number of aromatic nitrogens is 1. The van der Waals surface area contributed by atoms with E-state index in [9.17, 15) is 13.2 Å². The van der Waals surface area contributed by atoms with Gasteiger partial charge in [-0.15, -0.1) is 0 Å². The van der Waals surface area contributed by atoms with Crippen LogP contribution in [0.2, 0.25) is 0 Å². The average molecular weight is 421 g/mol. The molecule has 1 N–H and O–H groups in total. The van der Waals surface area contributed by atoms with Crippen LogP contribution < -0.4 is 15.6 Å². The van der Waals surface area contributed by atoms with Gasteiger partial charge in [-0.1, -0.05) is 19.4 Å². The Morgan fingerprint density at radius 3 is 2.72 bits per heavy atom. The van der Waals surface area contributed by atoms with Gasteiger partial charge < -0.3 is 19.4 Å². The second-order valence-electron chi connectivity index (χ2n) is 7.43. The number of aryl methyl sites for hydroxylation is 2. The molecule has 1 aliphatic rings. The number of hydrogen-bond donors (Lipinski definition) is 1. The number of methoxy groups -OCH3 is 1. The summed E-state index contributed by atoms with van der Waals surface area (Å²) in [7, 11) is -0.0933. The van der Waals surface area contributed by atoms with Gasteiger partial charge in [0, 0.05) is 32.2 Å². The maximum atomic E-state index is 12.6. The third-order valence-electron chi connectivity index (χ3n) is 5.07. The minimum absolute atomic E-state index is 0.186. The fourth-order valence-corrected chi connectivity index (χ4v) is 4.16. The van der Waals surface area contributed by atoms with Gasteiger partial charge in [-0.2, -0.15) is 0 Å². The fraction of sp³-hybridized carbons (Fsp3) is 0.476. The van der Waals surface area contributed by atoms with Gasteiger partial charge >= 0.3 is 0 Å². The van der Waals surface area contributed by atoms with Crippen LogP contribution in [0.5, 0.6) is 5.75 Å². The summed E-state index contributed by atoms with van der Waals surface area (Å²) < 4.78 is 37.2. The first-order valence-electron chi connectivity index (χ1n) is 9.72. The fourth-order valence-electron chi connectivity index (χ4n) is 3.51. The minimum atomic E-state index is -3.37. The number of ether oxygens (including phenoxy) is 2. The highest BCUT2D eigenvalue weighted by molar-refractivity contribution is 7.90. The van der Waals surface area contributed by atoms with Crippen LogP contribution in [0.3, 0.4) is 0 Å². The molecule has 0 saturated carbocycles. The van der Waals surface area contributed by atoms with Crippen LogP contribution in [0, 0.1) is 0 Å². The first kappa shape index (κ1) is 21.4. The lowest BCUT2D eigenvalue weighted by Crippen LogP contribution is -2.38. The monoisotopic (exact) mass is 420 g/mol. The number of nitrogens with one attached hydrogen (secondary N) is 1. The predicted octanol–water partition coefficient (Wildman–Crippen LogP) is 2.62. The zero-order valence-electron chi connectivity index (χ0n) is 17.3. The highest BCUT2D eigenvalue weighted by Gasteiger charge is 2.27. The standard InChI is InChI=1S/C21H28N2O5S/c1-5-6-7-14-8-9-16(29(4,25)26)10-17(14)18-12-23(2)21(24)19-20(18)28-15(11-22-19)13-27-3/h8-10,12,15,22H,5-7,11,13H2,1-4H3/t15-/m1/s1. The molecule has 0 spiro atoms. The second-order valence-corrected chi connectivity index (χ2v) is 9.45. The first-order valence-corrected chi connectivity index (χ1v) is 11.6. The van der Waals surface area contributed by atoms with Gasteiger partial charge in [0.15, 0.2) is 15.6 Å². The predicted molar refractivity (Wildman–Crippen MR) is 114 cm³/mol. The summed E-state index contributed by atoms with van der Waals surface area (Å²) in [4.78, 5) is 12.9. The molecule has 0 amide bonds. The molecule has 3 rings (SSSR count). The van der Waals surface area contributed by atoms with E-state index in [-0.39, 0.29) is 16.6 Å². The molecule has 0 bridgehead atoms. The van der Waals surface area contributed by atoms with Crippen molar-refractivity contribution in [3.63, 3.8) is 0 Å². The number of benzene rings is 1. The van der Waals surface area contributed by atoms with Crippen molar-refractivity contribution < 1.29 is 17.9 Å². The maximum absolute atomic E-state index is 12.6. The SMILES string of the molecule is CCCCc1ccc(S(C)(=O)=O)cc1-c1cn(C)c(=O)c2c1O[C@@H](COC)CN2. The Bertz CT molecular complexity index is 1060. The molecule has 1 aromatic carbocycles. The summed E-state index contributed by atoms with van der Waals surface area (Å²) >= 11 is 0. The number of anilines is 1. The highest BCUT2D eigenvalue weighted by Crippen LogP contribution is 2.39. The van der Waals surface area contributed by atoms with E-state index in [0.717, 1.165) is 30.4 Å². The Hall–Kier alpha value is -2.32. The Labute approximate surface area is 171 Å². The normalized spacial score (nSPS) is 16.1. The van der Waals surface area contributed by atoms with Crippen molar-refractivity contribution in [2.75, 3.05) is 31.8 Å². The number of unbranched alkanes of at least 4 members (excludes halogenated alkanes) is 1. The van der Waals surface area contributed by atoms with Crippen molar-refractivity contribution in [1.82, 2.24) is 4.57 Å². The topological polar surface area (TPSA) is 86.6 Å². The number of sulfone groups is 1. The molecule has 2 heterocycles. The van der Waals surface area contributed by atoms with E-state index in [2.05, 4.69) is 12.2 Å². The molecule has 0 aliphatic carbocycles. The summed E-state index contributed by atoms with van der Waals surface area (Å²) in [5, 5.41) is 3.17. The summed E-state index contributed by atoms with van der Waals surface area (Å²) in [5.74, 6) is 0.449. The quantitative estimate of drug-likeness (QED) is 0.741. The van der Waals surface area contributed by atoms with E-state index in [1.54, 1.807) is 32.5 Å². The summed E-state index contributed by atoms with van der Waals surface area (Å²) in [6, 6.07) is 5.19. The lowest BCUT2D eigenvalue weighted by atomic mass is 9.96. The zero-order chi connectivity index (χ0) is 21.2. The Balaban J connectivity index is 2.24. The van der Waals surface area contributed by atoms with Crippen LogP contribution in [0.1, 0.15) is 25.3 Å². The Morgan fingerprint density at radius 2 is 2.07 bits per heavy atom. The van der Waals surface area contributed by atoms with E-state index < -0.39 is 9.84 Å². The number of nitrogens with zero attached hydrogens (tertiary/aromatic N) is 1. The molecular weight excluding hydrogens is 392 g/mol. The summed E-state index contributed by atoms with van der Waals surface area (Å²) in [5.41, 5.74) is 2.70. The first-order chi connectivity index (χ1) is 13.8. The molecule has 1 aromatic heterocycles. The third-order valence-corrected chi connectivity index (χ3v) is 6.18. The van der Waals surface area contributed by atoms with Crippen molar-refractivity contribution in [3.05, 3.63) is 40.3 Å². The smallest absolute Gasteiger partial charge is 0.277 e. The van der Waals surface area contributed by atoms with Gasteiger partial charge in [0.1, 0.15) is 11.8 Å². The van der Waals surface area contributed by atoms with Crippen LogP contribution in [0.4, 0.5) is 5.69 Å². The molecule has 0 unspecified atom stereocenters. The van der Waals surface area contributed by atoms with Gasteiger partial charge in [0.25, 0.3) is 5.56 Å². The Kier molecular flexibility index (Phi) is 6.33. The van der Waals surface area contributed by atoms with Gasteiger partial charge in [0.2, 0.25) is 0 Å². The van der Waals surface area contributed by atoms with Crippen LogP contribution in [0.25, 0.3) is 11.1 Å². The van der Waals surface area contributed by atoms with Crippen LogP contribution in [0.15, 0.2) is 34.1 Å². The second kappa shape index (κ2) is 8.59. The summed E-state index contributed by atoms with van der Waals surface area (Å²) in [6.45, 7) is 2.96. The van der Waals surface area contributed by atoms with E-state index in [0.29, 0.717) is 30.2 Å². The number of fused-ring (bicyclic) bond motifs is 1. The molecule has 1 aliphatic heterocycles. The lowest BCUT2D eigenvalue weighted by Gasteiger charge is -2.29. The largest absolute Gasteiger partial charge is 0.483 e. The lowest BCUT2D eigenvalue weighted by molar-refractivity contribution is 0.0849. The molecule has 7 nitrogen and oxygen atoms in total. The van der Waals surface area contributed by atoms with Crippen molar-refractivity contribution in [3.8, 4) is 16.9 Å². The number of pyridine rings is 1. The zero-order valence-corrected chi connectivity index (χ0v) is 18.1. The van der Waals surface area contributed by atoms with E-state index in [1.165, 1.54) is 10.8 Å². The molecule has 158 valence electrons. The molecule has 8 heteroatoms. The van der Waals surface area contributed by atoms with Gasteiger partial charge in [0.05, 0.1) is 18.0 Å². The molecular formula is C21H28N2O5S. The Morgan fingerprint density at radius 1 is 1.31 bits per heavy atom.